The molecule has 1 aromatic carbocycles. The smallest absolute Gasteiger partial charge is 0.348 e. The third kappa shape index (κ3) is 1.45. The topological polar surface area (TPSA) is 46.5 Å². The molecule has 2 unspecified atom stereocenters. The Labute approximate surface area is 101 Å². The van der Waals surface area contributed by atoms with Crippen LogP contribution in [-0.2, 0) is 4.79 Å². The third-order valence-corrected chi connectivity index (χ3v) is 4.42. The van der Waals surface area contributed by atoms with Gasteiger partial charge in [-0.2, -0.15) is 0 Å². The highest BCUT2D eigenvalue weighted by Gasteiger charge is 2.56. The lowest BCUT2D eigenvalue weighted by Gasteiger charge is -2.49. The zero-order chi connectivity index (χ0) is 12.8. The van der Waals surface area contributed by atoms with Crippen molar-refractivity contribution < 1.29 is 14.6 Å². The van der Waals surface area contributed by atoms with E-state index in [2.05, 4.69) is 6.92 Å². The SMILES string of the molecule is CC1c2ccccc2OC(C)(C(=O)O)C1(C)C. The fourth-order valence-electron chi connectivity index (χ4n) is 2.40. The maximum Gasteiger partial charge on any atom is 0.348 e. The van der Waals surface area contributed by atoms with Gasteiger partial charge in [0.15, 0.2) is 0 Å². The van der Waals surface area contributed by atoms with Crippen LogP contribution >= 0.6 is 0 Å². The summed E-state index contributed by atoms with van der Waals surface area (Å²) in [5.74, 6) is -0.0957. The van der Waals surface area contributed by atoms with E-state index in [1.165, 1.54) is 0 Å². The number of carbonyl (C=O) groups is 1. The number of rotatable bonds is 1. The summed E-state index contributed by atoms with van der Waals surface area (Å²) < 4.78 is 5.77. The van der Waals surface area contributed by atoms with Crippen LogP contribution in [0.2, 0.25) is 0 Å². The second-order valence-corrected chi connectivity index (χ2v) is 5.42. The van der Waals surface area contributed by atoms with Crippen LogP contribution in [0.15, 0.2) is 24.3 Å². The maximum absolute atomic E-state index is 11.5. The Morgan fingerprint density at radius 2 is 1.88 bits per heavy atom. The van der Waals surface area contributed by atoms with Crippen molar-refractivity contribution in [3.63, 3.8) is 0 Å². The average molecular weight is 234 g/mol. The predicted molar refractivity (Wildman–Crippen MR) is 65.3 cm³/mol. The summed E-state index contributed by atoms with van der Waals surface area (Å²) in [7, 11) is 0. The van der Waals surface area contributed by atoms with Gasteiger partial charge in [0.1, 0.15) is 5.75 Å². The number of para-hydroxylation sites is 1. The van der Waals surface area contributed by atoms with Crippen LogP contribution in [0.4, 0.5) is 0 Å². The lowest BCUT2D eigenvalue weighted by molar-refractivity contribution is -0.169. The molecular formula is C14H18O3. The van der Waals surface area contributed by atoms with Gasteiger partial charge in [0.2, 0.25) is 5.60 Å². The van der Waals surface area contributed by atoms with Gasteiger partial charge in [0.25, 0.3) is 0 Å². The number of hydrogen-bond donors (Lipinski definition) is 1. The predicted octanol–water partition coefficient (Wildman–Crippen LogP) is 3.05. The molecule has 1 aromatic rings. The molecule has 0 saturated carbocycles. The summed E-state index contributed by atoms with van der Waals surface area (Å²) in [5.41, 5.74) is -0.579. The first kappa shape index (κ1) is 12.0. The van der Waals surface area contributed by atoms with Crippen molar-refractivity contribution >= 4 is 5.97 Å². The lowest BCUT2D eigenvalue weighted by Crippen LogP contribution is -2.57. The van der Waals surface area contributed by atoms with Gasteiger partial charge < -0.3 is 9.84 Å². The molecule has 3 heteroatoms. The Bertz CT molecular complexity index is 464. The van der Waals surface area contributed by atoms with Crippen molar-refractivity contribution in [2.75, 3.05) is 0 Å². The van der Waals surface area contributed by atoms with Crippen LogP contribution in [0, 0.1) is 5.41 Å². The number of carboxylic acids is 1. The van der Waals surface area contributed by atoms with E-state index in [1.807, 2.05) is 38.1 Å². The van der Waals surface area contributed by atoms with Crippen LogP contribution in [-0.4, -0.2) is 16.7 Å². The number of aliphatic carboxylic acids is 1. The second kappa shape index (κ2) is 3.49. The van der Waals surface area contributed by atoms with Crippen molar-refractivity contribution in [3.8, 4) is 5.75 Å². The van der Waals surface area contributed by atoms with Crippen molar-refractivity contribution in [1.82, 2.24) is 0 Å². The molecule has 0 radical (unpaired) electrons. The Morgan fingerprint density at radius 3 is 2.47 bits per heavy atom. The van der Waals surface area contributed by atoms with Gasteiger partial charge in [-0.25, -0.2) is 4.79 Å². The zero-order valence-electron chi connectivity index (χ0n) is 10.7. The Morgan fingerprint density at radius 1 is 1.29 bits per heavy atom. The first-order chi connectivity index (χ1) is 7.80. The summed E-state index contributed by atoms with van der Waals surface area (Å²) in [6.45, 7) is 7.60. The first-order valence-corrected chi connectivity index (χ1v) is 5.82. The molecule has 3 nitrogen and oxygen atoms in total. The minimum atomic E-state index is -1.19. The van der Waals surface area contributed by atoms with Gasteiger partial charge in [0, 0.05) is 5.41 Å². The van der Waals surface area contributed by atoms with Crippen LogP contribution in [0.1, 0.15) is 39.2 Å². The Kier molecular flexibility index (Phi) is 2.45. The molecule has 1 N–H and O–H groups in total. The van der Waals surface area contributed by atoms with Gasteiger partial charge in [-0.1, -0.05) is 39.0 Å². The second-order valence-electron chi connectivity index (χ2n) is 5.42. The van der Waals surface area contributed by atoms with E-state index < -0.39 is 17.0 Å². The molecule has 0 fully saturated rings. The lowest BCUT2D eigenvalue weighted by atomic mass is 9.63. The fourth-order valence-corrected chi connectivity index (χ4v) is 2.40. The van der Waals surface area contributed by atoms with Crippen LogP contribution in [0.25, 0.3) is 0 Å². The van der Waals surface area contributed by atoms with Gasteiger partial charge in [0.05, 0.1) is 0 Å². The van der Waals surface area contributed by atoms with Crippen molar-refractivity contribution in [2.24, 2.45) is 5.41 Å². The van der Waals surface area contributed by atoms with Gasteiger partial charge in [-0.15, -0.1) is 0 Å². The highest BCUT2D eigenvalue weighted by molar-refractivity contribution is 5.79. The molecular weight excluding hydrogens is 216 g/mol. The maximum atomic E-state index is 11.5. The molecule has 92 valence electrons. The zero-order valence-corrected chi connectivity index (χ0v) is 10.7. The van der Waals surface area contributed by atoms with E-state index in [0.29, 0.717) is 5.75 Å². The Balaban J connectivity index is 2.61. The monoisotopic (exact) mass is 234 g/mol. The van der Waals surface area contributed by atoms with Crippen molar-refractivity contribution in [1.29, 1.82) is 0 Å². The molecule has 1 aliphatic heterocycles. The van der Waals surface area contributed by atoms with Crippen LogP contribution in [0.5, 0.6) is 5.75 Å². The molecule has 0 bridgehead atoms. The molecule has 0 saturated heterocycles. The summed E-state index contributed by atoms with van der Waals surface area (Å²) in [4.78, 5) is 11.5. The van der Waals surface area contributed by atoms with Gasteiger partial charge >= 0.3 is 5.97 Å². The molecule has 17 heavy (non-hydrogen) atoms. The minimum Gasteiger partial charge on any atom is -0.478 e. The standard InChI is InChI=1S/C14H18O3/c1-9-10-7-5-6-8-11(10)17-14(4,12(15)16)13(9,2)3/h5-9H,1-4H3,(H,15,16). The van der Waals surface area contributed by atoms with Crippen LogP contribution in [0.3, 0.4) is 0 Å². The molecule has 0 spiro atoms. The molecule has 2 rings (SSSR count). The summed E-state index contributed by atoms with van der Waals surface area (Å²) in [6.07, 6.45) is 0. The summed E-state index contributed by atoms with van der Waals surface area (Å²) in [5, 5.41) is 9.45. The first-order valence-electron chi connectivity index (χ1n) is 5.82. The number of ether oxygens (including phenoxy) is 1. The highest BCUT2D eigenvalue weighted by Crippen LogP contribution is 2.52. The summed E-state index contributed by atoms with van der Waals surface area (Å²) >= 11 is 0. The van der Waals surface area contributed by atoms with E-state index in [-0.39, 0.29) is 5.92 Å². The summed E-state index contributed by atoms with van der Waals surface area (Å²) in [6, 6.07) is 7.66. The molecule has 1 heterocycles. The number of carboxylic acid groups (broad SMARTS) is 1. The molecule has 0 amide bonds. The normalized spacial score (nSPS) is 30.2. The van der Waals surface area contributed by atoms with Crippen LogP contribution < -0.4 is 4.74 Å². The molecule has 1 aliphatic rings. The molecule has 0 aromatic heterocycles. The van der Waals surface area contributed by atoms with E-state index in [9.17, 15) is 9.90 Å². The minimum absolute atomic E-state index is 0.133. The van der Waals surface area contributed by atoms with E-state index in [0.717, 1.165) is 5.56 Å². The van der Waals surface area contributed by atoms with Crippen molar-refractivity contribution in [2.45, 2.75) is 39.2 Å². The fraction of sp³-hybridized carbons (Fsp3) is 0.500. The van der Waals surface area contributed by atoms with E-state index in [4.69, 9.17) is 4.74 Å². The highest BCUT2D eigenvalue weighted by atomic mass is 16.5. The number of benzene rings is 1. The number of fused-ring (bicyclic) bond motifs is 1. The average Bonchev–Trinajstić information content (AvgIpc) is 2.26. The van der Waals surface area contributed by atoms with Gasteiger partial charge in [-0.3, -0.25) is 0 Å². The largest absolute Gasteiger partial charge is 0.478 e. The molecule has 2 atom stereocenters. The Hall–Kier alpha value is -1.51. The van der Waals surface area contributed by atoms with E-state index in [1.54, 1.807) is 6.92 Å². The van der Waals surface area contributed by atoms with Gasteiger partial charge in [-0.05, 0) is 24.5 Å². The molecule has 0 aliphatic carbocycles. The quantitative estimate of drug-likeness (QED) is 0.812. The number of hydrogen-bond acceptors (Lipinski definition) is 2. The third-order valence-electron chi connectivity index (χ3n) is 4.42. The van der Waals surface area contributed by atoms with Crippen molar-refractivity contribution in [3.05, 3.63) is 29.8 Å². The van der Waals surface area contributed by atoms with E-state index >= 15 is 0 Å².